The maximum absolute atomic E-state index is 12.9. The average Bonchev–Trinajstić information content (AvgIpc) is 3.23. The smallest absolute Gasteiger partial charge is 0.310 e. The van der Waals surface area contributed by atoms with Gasteiger partial charge in [-0.2, -0.15) is 0 Å². The second kappa shape index (κ2) is 5.49. The Labute approximate surface area is 144 Å². The molecule has 1 spiro atoms. The van der Waals surface area contributed by atoms with E-state index in [0.29, 0.717) is 24.6 Å². The van der Waals surface area contributed by atoms with Gasteiger partial charge in [0.05, 0.1) is 32.8 Å². The summed E-state index contributed by atoms with van der Waals surface area (Å²) in [7, 11) is 3.14. The van der Waals surface area contributed by atoms with Gasteiger partial charge in [-0.3, -0.25) is 9.59 Å². The zero-order valence-electron chi connectivity index (χ0n) is 14.0. The van der Waals surface area contributed by atoms with Gasteiger partial charge in [0.1, 0.15) is 23.0 Å². The number of likely N-dealkylation sites (tertiary alicyclic amines) is 1. The second-order valence-corrected chi connectivity index (χ2v) is 6.61. The lowest BCUT2D eigenvalue weighted by Crippen LogP contribution is -2.39. The largest absolute Gasteiger partial charge is 0.497 e. The molecular formula is C18H19NO6. The Morgan fingerprint density at radius 2 is 2.20 bits per heavy atom. The summed E-state index contributed by atoms with van der Waals surface area (Å²) in [6.45, 7) is 0.681. The first-order valence-electron chi connectivity index (χ1n) is 8.09. The van der Waals surface area contributed by atoms with Gasteiger partial charge in [-0.1, -0.05) is 12.2 Å². The highest BCUT2D eigenvalue weighted by Crippen LogP contribution is 2.52. The van der Waals surface area contributed by atoms with E-state index in [0.717, 1.165) is 5.56 Å². The van der Waals surface area contributed by atoms with Crippen molar-refractivity contribution in [1.82, 2.24) is 4.90 Å². The Morgan fingerprint density at radius 3 is 2.88 bits per heavy atom. The predicted octanol–water partition coefficient (Wildman–Crippen LogP) is 1.07. The van der Waals surface area contributed by atoms with Crippen LogP contribution in [0.2, 0.25) is 0 Å². The van der Waals surface area contributed by atoms with Gasteiger partial charge >= 0.3 is 5.97 Å². The van der Waals surface area contributed by atoms with Crippen molar-refractivity contribution in [3.8, 4) is 11.5 Å². The molecule has 0 aromatic heterocycles. The number of amides is 1. The Bertz CT molecular complexity index is 775. The highest BCUT2D eigenvalue weighted by molar-refractivity contribution is 5.90. The van der Waals surface area contributed by atoms with E-state index in [1.54, 1.807) is 37.3 Å². The minimum atomic E-state index is -0.988. The van der Waals surface area contributed by atoms with E-state index in [-0.39, 0.29) is 5.91 Å². The van der Waals surface area contributed by atoms with E-state index in [1.807, 2.05) is 12.1 Å². The topological polar surface area (TPSA) is 85.3 Å². The Kier molecular flexibility index (Phi) is 3.50. The van der Waals surface area contributed by atoms with Gasteiger partial charge in [-0.15, -0.1) is 0 Å². The molecule has 0 aliphatic carbocycles. The number of hydrogen-bond donors (Lipinski definition) is 1. The monoisotopic (exact) mass is 345 g/mol. The lowest BCUT2D eigenvalue weighted by molar-refractivity contribution is -0.148. The lowest BCUT2D eigenvalue weighted by atomic mass is 9.77. The summed E-state index contributed by atoms with van der Waals surface area (Å²) in [5.41, 5.74) is 0.0169. The Balaban J connectivity index is 1.61. The van der Waals surface area contributed by atoms with Crippen molar-refractivity contribution >= 4 is 11.9 Å². The van der Waals surface area contributed by atoms with Crippen molar-refractivity contribution in [2.24, 2.45) is 11.8 Å². The molecule has 0 saturated carbocycles. The molecule has 0 unspecified atom stereocenters. The third kappa shape index (κ3) is 2.22. The number of fused-ring (bicyclic) bond motifs is 1. The summed E-state index contributed by atoms with van der Waals surface area (Å²) in [6, 6.07) is 5.41. The van der Waals surface area contributed by atoms with Gasteiger partial charge in [0.15, 0.2) is 0 Å². The first-order chi connectivity index (χ1) is 12.0. The number of hydrogen-bond acceptors (Lipinski definition) is 5. The normalized spacial score (nSPS) is 32.2. The summed E-state index contributed by atoms with van der Waals surface area (Å²) < 4.78 is 16.5. The van der Waals surface area contributed by atoms with Crippen LogP contribution in [0.25, 0.3) is 0 Å². The van der Waals surface area contributed by atoms with Crippen LogP contribution in [0.15, 0.2) is 30.4 Å². The summed E-state index contributed by atoms with van der Waals surface area (Å²) in [4.78, 5) is 26.1. The third-order valence-electron chi connectivity index (χ3n) is 5.32. The molecule has 1 aromatic rings. The third-order valence-corrected chi connectivity index (χ3v) is 5.32. The fourth-order valence-corrected chi connectivity index (χ4v) is 4.18. The number of benzene rings is 1. The molecule has 3 aliphatic heterocycles. The van der Waals surface area contributed by atoms with Gasteiger partial charge in [-0.05, 0) is 12.1 Å². The number of carboxylic acid groups (broad SMARTS) is 1. The molecule has 7 heteroatoms. The van der Waals surface area contributed by atoms with Crippen LogP contribution in [0.5, 0.6) is 11.5 Å². The molecule has 132 valence electrons. The standard InChI is InChI=1S/C18H19NO6/c1-23-11-4-3-10(13(7-11)24-2)8-19-9-18-6-5-12(25-18)14(17(21)22)15(18)16(19)20/h3-7,12,14-15H,8-9H2,1-2H3,(H,21,22)/t12-,14-,15+,18+/m0/s1. The fourth-order valence-electron chi connectivity index (χ4n) is 4.18. The van der Waals surface area contributed by atoms with Crippen LogP contribution >= 0.6 is 0 Å². The van der Waals surface area contributed by atoms with E-state index in [2.05, 4.69) is 0 Å². The molecule has 3 heterocycles. The molecule has 2 saturated heterocycles. The van der Waals surface area contributed by atoms with Gasteiger partial charge in [0.25, 0.3) is 0 Å². The number of aliphatic carboxylic acids is 1. The molecule has 4 atom stereocenters. The van der Waals surface area contributed by atoms with Crippen molar-refractivity contribution < 1.29 is 28.9 Å². The Hall–Kier alpha value is -2.54. The van der Waals surface area contributed by atoms with Gasteiger partial charge in [0.2, 0.25) is 5.91 Å². The van der Waals surface area contributed by atoms with Crippen molar-refractivity contribution in [3.63, 3.8) is 0 Å². The molecule has 0 radical (unpaired) electrons. The van der Waals surface area contributed by atoms with Crippen molar-refractivity contribution in [1.29, 1.82) is 0 Å². The molecule has 2 bridgehead atoms. The lowest BCUT2D eigenvalue weighted by Gasteiger charge is -2.22. The number of carbonyl (C=O) groups is 2. The predicted molar refractivity (Wildman–Crippen MR) is 86.3 cm³/mol. The number of ether oxygens (including phenoxy) is 3. The van der Waals surface area contributed by atoms with E-state index >= 15 is 0 Å². The molecule has 2 fully saturated rings. The molecule has 7 nitrogen and oxygen atoms in total. The zero-order valence-corrected chi connectivity index (χ0v) is 14.0. The molecule has 1 aromatic carbocycles. The second-order valence-electron chi connectivity index (χ2n) is 6.61. The van der Waals surface area contributed by atoms with Crippen LogP contribution in [0.3, 0.4) is 0 Å². The maximum atomic E-state index is 12.9. The minimum Gasteiger partial charge on any atom is -0.497 e. The van der Waals surface area contributed by atoms with Gasteiger partial charge in [0, 0.05) is 18.2 Å². The number of carboxylic acids is 1. The summed E-state index contributed by atoms with van der Waals surface area (Å²) in [5.74, 6) is -1.36. The molecular weight excluding hydrogens is 326 g/mol. The van der Waals surface area contributed by atoms with Crippen LogP contribution in [-0.2, 0) is 20.9 Å². The van der Waals surface area contributed by atoms with Gasteiger partial charge < -0.3 is 24.2 Å². The Morgan fingerprint density at radius 1 is 1.40 bits per heavy atom. The average molecular weight is 345 g/mol. The molecule has 4 rings (SSSR count). The SMILES string of the molecule is COc1ccc(CN2C[C@@]34C=C[C@H](O3)[C@H](C(=O)O)[C@@H]4C2=O)c(OC)c1. The molecule has 1 N–H and O–H groups in total. The number of nitrogens with zero attached hydrogens (tertiary/aromatic N) is 1. The first kappa shape index (κ1) is 16.0. The molecule has 3 aliphatic rings. The highest BCUT2D eigenvalue weighted by Gasteiger charge is 2.67. The number of rotatable bonds is 5. The van der Waals surface area contributed by atoms with E-state index in [9.17, 15) is 14.7 Å². The first-order valence-corrected chi connectivity index (χ1v) is 8.09. The maximum Gasteiger partial charge on any atom is 0.310 e. The van der Waals surface area contributed by atoms with Crippen LogP contribution in [0.1, 0.15) is 5.56 Å². The van der Waals surface area contributed by atoms with Crippen LogP contribution in [0, 0.1) is 11.8 Å². The number of carbonyl (C=O) groups excluding carboxylic acids is 1. The van der Waals surface area contributed by atoms with Crippen LogP contribution in [-0.4, -0.2) is 54.4 Å². The van der Waals surface area contributed by atoms with Gasteiger partial charge in [-0.25, -0.2) is 0 Å². The van der Waals surface area contributed by atoms with E-state index in [1.165, 1.54) is 0 Å². The van der Waals surface area contributed by atoms with E-state index < -0.39 is 29.5 Å². The van der Waals surface area contributed by atoms with Crippen molar-refractivity contribution in [2.75, 3.05) is 20.8 Å². The fraction of sp³-hybridized carbons (Fsp3) is 0.444. The molecule has 1 amide bonds. The summed E-state index contributed by atoms with van der Waals surface area (Å²) in [6.07, 6.45) is 3.11. The zero-order chi connectivity index (χ0) is 17.8. The summed E-state index contributed by atoms with van der Waals surface area (Å²) >= 11 is 0. The number of methoxy groups -OCH3 is 2. The van der Waals surface area contributed by atoms with E-state index in [4.69, 9.17) is 14.2 Å². The highest BCUT2D eigenvalue weighted by atomic mass is 16.5. The molecule has 25 heavy (non-hydrogen) atoms. The quantitative estimate of drug-likeness (QED) is 0.804. The van der Waals surface area contributed by atoms with Crippen molar-refractivity contribution in [2.45, 2.75) is 18.2 Å². The van der Waals surface area contributed by atoms with Crippen LogP contribution < -0.4 is 9.47 Å². The summed E-state index contributed by atoms with van der Waals surface area (Å²) in [5, 5.41) is 9.49. The van der Waals surface area contributed by atoms with Crippen LogP contribution in [0.4, 0.5) is 0 Å². The minimum absolute atomic E-state index is 0.183. The van der Waals surface area contributed by atoms with Crippen molar-refractivity contribution in [3.05, 3.63) is 35.9 Å².